The number of ether oxygens (including phenoxy) is 2. The highest BCUT2D eigenvalue weighted by atomic mass is 16.5. The summed E-state index contributed by atoms with van der Waals surface area (Å²) in [5, 5.41) is 10.3. The zero-order chi connectivity index (χ0) is 19.0. The predicted molar refractivity (Wildman–Crippen MR) is 99.4 cm³/mol. The van der Waals surface area contributed by atoms with Crippen LogP contribution in [0.1, 0.15) is 24.0 Å². The van der Waals surface area contributed by atoms with Gasteiger partial charge in [0, 0.05) is 0 Å². The first-order valence-electron chi connectivity index (χ1n) is 8.50. The summed E-state index contributed by atoms with van der Waals surface area (Å²) in [5.41, 5.74) is 7.05. The van der Waals surface area contributed by atoms with Crippen LogP contribution >= 0.6 is 0 Å². The van der Waals surface area contributed by atoms with Crippen LogP contribution in [0.2, 0.25) is 0 Å². The minimum absolute atomic E-state index is 0.0142. The van der Waals surface area contributed by atoms with Crippen LogP contribution < -0.4 is 20.8 Å². The summed E-state index contributed by atoms with van der Waals surface area (Å²) >= 11 is 0. The molecule has 6 heteroatoms. The Labute approximate surface area is 155 Å². The Morgan fingerprint density at radius 1 is 1.19 bits per heavy atom. The molecule has 0 saturated carbocycles. The van der Waals surface area contributed by atoms with Crippen molar-refractivity contribution in [2.45, 2.75) is 12.8 Å². The maximum Gasteiger partial charge on any atom is 0.344 e. The van der Waals surface area contributed by atoms with Gasteiger partial charge in [-0.05, 0) is 36.8 Å². The summed E-state index contributed by atoms with van der Waals surface area (Å²) in [6.07, 6.45) is 0. The minimum atomic E-state index is -0.671. The minimum Gasteiger partial charge on any atom is -0.494 e. The zero-order valence-corrected chi connectivity index (χ0v) is 14.6. The summed E-state index contributed by atoms with van der Waals surface area (Å²) in [4.78, 5) is 12.8. The molecule has 27 heavy (non-hydrogen) atoms. The molecule has 0 aliphatic carbocycles. The van der Waals surface area contributed by atoms with Gasteiger partial charge in [0.05, 0.1) is 23.5 Å². The van der Waals surface area contributed by atoms with Crippen molar-refractivity contribution in [2.75, 3.05) is 6.61 Å². The van der Waals surface area contributed by atoms with Crippen molar-refractivity contribution in [3.05, 3.63) is 81.5 Å². The number of benzene rings is 2. The van der Waals surface area contributed by atoms with Crippen molar-refractivity contribution < 1.29 is 13.9 Å². The summed E-state index contributed by atoms with van der Waals surface area (Å²) in [7, 11) is 0. The van der Waals surface area contributed by atoms with E-state index in [1.165, 1.54) is 0 Å². The summed E-state index contributed by atoms with van der Waals surface area (Å²) in [6, 6.07) is 16.3. The Morgan fingerprint density at radius 3 is 2.63 bits per heavy atom. The highest BCUT2D eigenvalue weighted by molar-refractivity contribution is 5.86. The van der Waals surface area contributed by atoms with E-state index in [1.54, 1.807) is 30.3 Å². The van der Waals surface area contributed by atoms with Crippen molar-refractivity contribution >= 4 is 11.0 Å². The third-order valence-corrected chi connectivity index (χ3v) is 4.50. The van der Waals surface area contributed by atoms with Crippen molar-refractivity contribution in [3.63, 3.8) is 0 Å². The van der Waals surface area contributed by atoms with Gasteiger partial charge in [-0.25, -0.2) is 4.79 Å². The summed E-state index contributed by atoms with van der Waals surface area (Å²) < 4.78 is 16.6. The standard InChI is InChI=1S/C21H16N2O4/c1-2-25-13-9-7-12(8-10-13)17-15(11-22)20(23)27-19-14-5-3-4-6-16(14)26-21(24)18(17)19/h3-10,17H,2,23H2,1H3/t17-/m1/s1. The van der Waals surface area contributed by atoms with Gasteiger partial charge in [0.2, 0.25) is 5.88 Å². The molecule has 0 amide bonds. The topological polar surface area (TPSA) is 98.5 Å². The zero-order valence-electron chi connectivity index (χ0n) is 14.6. The summed E-state index contributed by atoms with van der Waals surface area (Å²) in [5.74, 6) is 0.349. The Bertz CT molecular complexity index is 1150. The van der Waals surface area contributed by atoms with Crippen LogP contribution in [0.5, 0.6) is 11.5 Å². The molecule has 0 fully saturated rings. The van der Waals surface area contributed by atoms with Gasteiger partial charge in [-0.15, -0.1) is 0 Å². The van der Waals surface area contributed by atoms with Crippen molar-refractivity contribution in [1.82, 2.24) is 0 Å². The van der Waals surface area contributed by atoms with E-state index < -0.39 is 11.5 Å². The van der Waals surface area contributed by atoms with Gasteiger partial charge < -0.3 is 19.6 Å². The molecule has 2 N–H and O–H groups in total. The Balaban J connectivity index is 1.97. The van der Waals surface area contributed by atoms with Crippen molar-refractivity contribution in [1.29, 1.82) is 5.26 Å². The number of hydrogen-bond acceptors (Lipinski definition) is 6. The number of nitriles is 1. The second-order valence-electron chi connectivity index (χ2n) is 6.06. The van der Waals surface area contributed by atoms with Crippen LogP contribution in [0.4, 0.5) is 0 Å². The highest BCUT2D eigenvalue weighted by Crippen LogP contribution is 2.43. The van der Waals surface area contributed by atoms with Crippen LogP contribution in [0, 0.1) is 11.3 Å². The fourth-order valence-electron chi connectivity index (χ4n) is 3.32. The van der Waals surface area contributed by atoms with Crippen LogP contribution in [-0.4, -0.2) is 6.61 Å². The van der Waals surface area contributed by atoms with E-state index in [0.29, 0.717) is 29.1 Å². The monoisotopic (exact) mass is 360 g/mol. The van der Waals surface area contributed by atoms with Crippen LogP contribution in [0.25, 0.3) is 11.0 Å². The largest absolute Gasteiger partial charge is 0.494 e. The third kappa shape index (κ3) is 2.70. The molecule has 2 heterocycles. The van der Waals surface area contributed by atoms with E-state index >= 15 is 0 Å². The Morgan fingerprint density at radius 2 is 1.93 bits per heavy atom. The van der Waals surface area contributed by atoms with E-state index in [0.717, 1.165) is 5.56 Å². The second kappa shape index (κ2) is 6.54. The molecule has 2 aromatic carbocycles. The first-order valence-corrected chi connectivity index (χ1v) is 8.50. The molecular weight excluding hydrogens is 344 g/mol. The maximum absolute atomic E-state index is 12.8. The smallest absolute Gasteiger partial charge is 0.344 e. The van der Waals surface area contributed by atoms with Crippen LogP contribution in [-0.2, 0) is 0 Å². The number of nitrogens with zero attached hydrogens (tertiary/aromatic N) is 1. The fraction of sp³-hybridized carbons (Fsp3) is 0.143. The fourth-order valence-corrected chi connectivity index (χ4v) is 3.32. The average molecular weight is 360 g/mol. The van der Waals surface area contributed by atoms with Crippen LogP contribution in [0.15, 0.2) is 69.2 Å². The molecule has 6 nitrogen and oxygen atoms in total. The molecule has 1 aliphatic rings. The average Bonchev–Trinajstić information content (AvgIpc) is 2.68. The van der Waals surface area contributed by atoms with Gasteiger partial charge in [-0.1, -0.05) is 24.3 Å². The van der Waals surface area contributed by atoms with Gasteiger partial charge in [0.25, 0.3) is 0 Å². The van der Waals surface area contributed by atoms with E-state index in [2.05, 4.69) is 6.07 Å². The van der Waals surface area contributed by atoms with Gasteiger partial charge in [0.1, 0.15) is 23.0 Å². The third-order valence-electron chi connectivity index (χ3n) is 4.50. The number of allylic oxidation sites excluding steroid dienone is 1. The van der Waals surface area contributed by atoms with E-state index in [9.17, 15) is 10.1 Å². The molecular formula is C21H16N2O4. The molecule has 0 unspecified atom stereocenters. The molecule has 1 atom stereocenters. The lowest BCUT2D eigenvalue weighted by Crippen LogP contribution is -2.26. The van der Waals surface area contributed by atoms with Gasteiger partial charge in [-0.3, -0.25) is 0 Å². The lowest BCUT2D eigenvalue weighted by Gasteiger charge is -2.26. The number of fused-ring (bicyclic) bond motifs is 3. The Kier molecular flexibility index (Phi) is 4.05. The van der Waals surface area contributed by atoms with E-state index in [4.69, 9.17) is 19.6 Å². The van der Waals surface area contributed by atoms with Gasteiger partial charge in [-0.2, -0.15) is 5.26 Å². The quantitative estimate of drug-likeness (QED) is 0.719. The maximum atomic E-state index is 12.8. The molecule has 0 bridgehead atoms. The van der Waals surface area contributed by atoms with Gasteiger partial charge >= 0.3 is 5.63 Å². The first-order chi connectivity index (χ1) is 13.1. The second-order valence-corrected chi connectivity index (χ2v) is 6.06. The number of hydrogen-bond donors (Lipinski definition) is 1. The number of para-hydroxylation sites is 1. The van der Waals surface area contributed by atoms with Crippen LogP contribution in [0.3, 0.4) is 0 Å². The lowest BCUT2D eigenvalue weighted by atomic mass is 9.84. The molecule has 0 radical (unpaired) electrons. The molecule has 134 valence electrons. The van der Waals surface area contributed by atoms with E-state index in [1.807, 2.05) is 25.1 Å². The normalized spacial score (nSPS) is 15.8. The van der Waals surface area contributed by atoms with Crippen molar-refractivity contribution in [2.24, 2.45) is 5.73 Å². The molecule has 0 spiro atoms. The van der Waals surface area contributed by atoms with Crippen molar-refractivity contribution in [3.8, 4) is 17.6 Å². The molecule has 4 rings (SSSR count). The predicted octanol–water partition coefficient (Wildman–Crippen LogP) is 3.41. The van der Waals surface area contributed by atoms with E-state index in [-0.39, 0.29) is 17.0 Å². The summed E-state index contributed by atoms with van der Waals surface area (Å²) in [6.45, 7) is 2.45. The molecule has 0 saturated heterocycles. The SMILES string of the molecule is CCOc1ccc([C@@H]2C(C#N)=C(N)Oc3c2c(=O)oc2ccccc32)cc1. The number of rotatable bonds is 3. The molecule has 1 aliphatic heterocycles. The van der Waals surface area contributed by atoms with Gasteiger partial charge in [0.15, 0.2) is 5.75 Å². The number of nitrogens with two attached hydrogens (primary N) is 1. The first kappa shape index (κ1) is 16.7. The Hall–Kier alpha value is -3.72. The molecule has 3 aromatic rings. The highest BCUT2D eigenvalue weighted by Gasteiger charge is 2.35. The molecule has 1 aromatic heterocycles. The lowest BCUT2D eigenvalue weighted by molar-refractivity contribution is 0.340.